The van der Waals surface area contributed by atoms with E-state index >= 15 is 0 Å². The summed E-state index contributed by atoms with van der Waals surface area (Å²) in [6.45, 7) is 0.210. The summed E-state index contributed by atoms with van der Waals surface area (Å²) in [6, 6.07) is 11.3. The average molecular weight is 431 g/mol. The van der Waals surface area contributed by atoms with Crippen molar-refractivity contribution >= 4 is 11.8 Å². The van der Waals surface area contributed by atoms with Crippen molar-refractivity contribution < 1.29 is 18.8 Å². The van der Waals surface area contributed by atoms with Crippen molar-refractivity contribution in [2.45, 2.75) is 18.6 Å². The van der Waals surface area contributed by atoms with E-state index in [0.717, 1.165) is 22.4 Å². The van der Waals surface area contributed by atoms with Gasteiger partial charge in [-0.15, -0.1) is 10.2 Å². The van der Waals surface area contributed by atoms with E-state index in [1.54, 1.807) is 24.2 Å². The second kappa shape index (κ2) is 7.15. The summed E-state index contributed by atoms with van der Waals surface area (Å²) in [5.41, 5.74) is 4.57. The zero-order valence-electron chi connectivity index (χ0n) is 17.0. The van der Waals surface area contributed by atoms with Crippen LogP contribution in [-0.4, -0.2) is 55.2 Å². The minimum absolute atomic E-state index is 0.122. The lowest BCUT2D eigenvalue weighted by Gasteiger charge is -2.16. The fourth-order valence-corrected chi connectivity index (χ4v) is 4.13. The summed E-state index contributed by atoms with van der Waals surface area (Å²) in [7, 11) is 1.71. The molecule has 11 nitrogen and oxygen atoms in total. The van der Waals surface area contributed by atoms with Crippen molar-refractivity contribution in [1.82, 2.24) is 30.3 Å². The largest absolute Gasteiger partial charge is 0.471 e. The Hall–Kier alpha value is -4.28. The van der Waals surface area contributed by atoms with Gasteiger partial charge in [-0.05, 0) is 46.1 Å². The Balaban J connectivity index is 1.22. The third kappa shape index (κ3) is 3.06. The van der Waals surface area contributed by atoms with Gasteiger partial charge in [-0.1, -0.05) is 12.1 Å². The maximum Gasteiger partial charge on any atom is 0.415 e. The highest BCUT2D eigenvalue weighted by atomic mass is 16.6. The molecule has 3 aromatic heterocycles. The minimum Gasteiger partial charge on any atom is -0.471 e. The number of hydrogen-bond acceptors (Lipinski definition) is 9. The normalized spacial score (nSPS) is 19.0. The average Bonchev–Trinajstić information content (AvgIpc) is 3.58. The molecule has 32 heavy (non-hydrogen) atoms. The van der Waals surface area contributed by atoms with Gasteiger partial charge in [-0.25, -0.2) is 4.79 Å². The van der Waals surface area contributed by atoms with E-state index < -0.39 is 6.10 Å². The zero-order chi connectivity index (χ0) is 21.7. The fourth-order valence-electron chi connectivity index (χ4n) is 4.13. The molecule has 160 valence electrons. The lowest BCUT2D eigenvalue weighted by molar-refractivity contribution is 0.0886. The Kier molecular flexibility index (Phi) is 4.13. The molecule has 0 aliphatic carbocycles. The highest BCUT2D eigenvalue weighted by Crippen LogP contribution is 2.40. The Bertz CT molecular complexity index is 1290. The van der Waals surface area contributed by atoms with Crippen LogP contribution in [-0.2, 0) is 18.2 Å². The summed E-state index contributed by atoms with van der Waals surface area (Å²) >= 11 is 0. The number of ether oxygens (including phenoxy) is 2. The number of carbonyl (C=O) groups excluding carboxylic acids is 1. The number of fused-ring (bicyclic) bond motifs is 3. The molecule has 2 aliphatic rings. The maximum atomic E-state index is 12.5. The number of rotatable bonds is 5. The molecule has 5 heterocycles. The number of benzene rings is 1. The summed E-state index contributed by atoms with van der Waals surface area (Å²) < 4.78 is 15.9. The van der Waals surface area contributed by atoms with Crippen LogP contribution in [0.15, 0.2) is 53.4 Å². The number of tetrazole rings is 1. The van der Waals surface area contributed by atoms with Gasteiger partial charge in [0.25, 0.3) is 5.88 Å². The molecule has 1 fully saturated rings. The van der Waals surface area contributed by atoms with Gasteiger partial charge in [0.1, 0.15) is 18.6 Å². The third-order valence-corrected chi connectivity index (χ3v) is 5.62. The first-order chi connectivity index (χ1) is 15.7. The molecule has 1 saturated heterocycles. The molecule has 0 bridgehead atoms. The van der Waals surface area contributed by atoms with Crippen molar-refractivity contribution in [3.05, 3.63) is 54.4 Å². The SMILES string of the molecule is Cn1nnc(-c2ccc(-c3ccc4c(c3)C[C@H]3[C@H](COc5ccon5)OC(=O)N43)cn2)n1. The molecule has 6 rings (SSSR count). The standard InChI is InChI=1S/C21H17N7O4/c1-27-24-20(23-26-27)15-4-2-13(10-22-15)12-3-5-16-14(8-12)9-17-18(32-21(29)28(16)17)11-30-19-6-7-31-25-19/h2-8,10,17-18H,9,11H2,1H3/t17-,18-/m0/s1. The van der Waals surface area contributed by atoms with Gasteiger partial charge in [0.05, 0.1) is 18.8 Å². The first kappa shape index (κ1) is 18.5. The maximum absolute atomic E-state index is 12.5. The monoisotopic (exact) mass is 431 g/mol. The summed E-state index contributed by atoms with van der Waals surface area (Å²) in [5, 5.41) is 15.7. The smallest absolute Gasteiger partial charge is 0.415 e. The quantitative estimate of drug-likeness (QED) is 0.468. The van der Waals surface area contributed by atoms with Crippen LogP contribution in [0.2, 0.25) is 0 Å². The molecule has 2 aliphatic heterocycles. The predicted octanol–water partition coefficient (Wildman–Crippen LogP) is 2.26. The Morgan fingerprint density at radius 3 is 2.84 bits per heavy atom. The number of carbonyl (C=O) groups is 1. The third-order valence-electron chi connectivity index (χ3n) is 5.62. The molecule has 0 radical (unpaired) electrons. The summed E-state index contributed by atoms with van der Waals surface area (Å²) in [6.07, 6.45) is 3.14. The molecule has 0 N–H and O–H groups in total. The van der Waals surface area contributed by atoms with Gasteiger partial charge >= 0.3 is 6.09 Å². The van der Waals surface area contributed by atoms with Gasteiger partial charge in [-0.2, -0.15) is 4.80 Å². The molecule has 11 heteroatoms. The molecule has 0 unspecified atom stereocenters. The van der Waals surface area contributed by atoms with Crippen LogP contribution in [0.25, 0.3) is 22.6 Å². The molecule has 1 aromatic carbocycles. The van der Waals surface area contributed by atoms with E-state index in [2.05, 4.69) is 31.6 Å². The number of nitrogens with zero attached hydrogens (tertiary/aromatic N) is 7. The van der Waals surface area contributed by atoms with Crippen LogP contribution in [0, 0.1) is 0 Å². The highest BCUT2D eigenvalue weighted by molar-refractivity contribution is 5.94. The van der Waals surface area contributed by atoms with Gasteiger partial charge < -0.3 is 14.0 Å². The van der Waals surface area contributed by atoms with Gasteiger partial charge in [-0.3, -0.25) is 9.88 Å². The Morgan fingerprint density at radius 1 is 1.19 bits per heavy atom. The van der Waals surface area contributed by atoms with Crippen molar-refractivity contribution in [3.63, 3.8) is 0 Å². The molecular weight excluding hydrogens is 414 g/mol. The lowest BCUT2D eigenvalue weighted by atomic mass is 10.0. The lowest BCUT2D eigenvalue weighted by Crippen LogP contribution is -2.36. The van der Waals surface area contributed by atoms with Crippen LogP contribution < -0.4 is 9.64 Å². The van der Waals surface area contributed by atoms with Gasteiger partial charge in [0, 0.05) is 17.8 Å². The molecule has 4 aromatic rings. The van der Waals surface area contributed by atoms with Crippen molar-refractivity contribution in [2.75, 3.05) is 11.5 Å². The van der Waals surface area contributed by atoms with E-state index in [-0.39, 0.29) is 18.7 Å². The number of cyclic esters (lactones) is 1. The second-order valence-corrected chi connectivity index (χ2v) is 7.59. The van der Waals surface area contributed by atoms with Crippen LogP contribution in [0.5, 0.6) is 5.88 Å². The number of hydrogen-bond donors (Lipinski definition) is 0. The summed E-state index contributed by atoms with van der Waals surface area (Å²) in [5.74, 6) is 0.843. The second-order valence-electron chi connectivity index (χ2n) is 7.59. The van der Waals surface area contributed by atoms with Crippen LogP contribution >= 0.6 is 0 Å². The van der Waals surface area contributed by atoms with E-state index in [0.29, 0.717) is 23.8 Å². The van der Waals surface area contributed by atoms with Gasteiger partial charge in [0.2, 0.25) is 5.82 Å². The molecular formula is C21H17N7O4. The zero-order valence-corrected chi connectivity index (χ0v) is 17.0. The minimum atomic E-state index is -0.393. The molecule has 0 saturated carbocycles. The number of amides is 1. The number of aromatic nitrogens is 6. The van der Waals surface area contributed by atoms with E-state index in [9.17, 15) is 4.79 Å². The fraction of sp³-hybridized carbons (Fsp3) is 0.238. The highest BCUT2D eigenvalue weighted by Gasteiger charge is 2.47. The van der Waals surface area contributed by atoms with Gasteiger partial charge in [0.15, 0.2) is 6.10 Å². The van der Waals surface area contributed by atoms with Crippen LogP contribution in [0.4, 0.5) is 10.5 Å². The number of pyridine rings is 1. The molecule has 2 atom stereocenters. The molecule has 1 amide bonds. The van der Waals surface area contributed by atoms with Crippen molar-refractivity contribution in [2.24, 2.45) is 7.05 Å². The van der Waals surface area contributed by atoms with Crippen molar-refractivity contribution in [3.8, 4) is 28.5 Å². The molecule has 0 spiro atoms. The number of anilines is 1. The van der Waals surface area contributed by atoms with Crippen LogP contribution in [0.1, 0.15) is 5.56 Å². The van der Waals surface area contributed by atoms with Crippen LogP contribution in [0.3, 0.4) is 0 Å². The Morgan fingerprint density at radius 2 is 2.09 bits per heavy atom. The summed E-state index contributed by atoms with van der Waals surface area (Å²) in [4.78, 5) is 20.1. The topological polar surface area (TPSA) is 121 Å². The van der Waals surface area contributed by atoms with E-state index in [1.807, 2.05) is 24.3 Å². The van der Waals surface area contributed by atoms with Crippen molar-refractivity contribution in [1.29, 1.82) is 0 Å². The van der Waals surface area contributed by atoms with E-state index in [4.69, 9.17) is 14.0 Å². The first-order valence-electron chi connectivity index (χ1n) is 10.0. The Labute approximate surface area is 181 Å². The first-order valence-corrected chi connectivity index (χ1v) is 10.0. The number of aryl methyl sites for hydroxylation is 1. The predicted molar refractivity (Wildman–Crippen MR) is 110 cm³/mol. The van der Waals surface area contributed by atoms with E-state index in [1.165, 1.54) is 11.1 Å².